The minimum atomic E-state index is -1.37. The lowest BCUT2D eigenvalue weighted by Gasteiger charge is -2.39. The number of hydrogen-bond acceptors (Lipinski definition) is 6. The van der Waals surface area contributed by atoms with E-state index in [4.69, 9.17) is 21.1 Å². The zero-order chi connectivity index (χ0) is 25.6. The van der Waals surface area contributed by atoms with Crippen LogP contribution in [0.3, 0.4) is 0 Å². The second-order valence-electron chi connectivity index (χ2n) is 10.1. The normalized spacial score (nSPS) is 33.8. The van der Waals surface area contributed by atoms with Gasteiger partial charge in [-0.05, 0) is 43.0 Å². The van der Waals surface area contributed by atoms with E-state index in [2.05, 4.69) is 0 Å². The average Bonchev–Trinajstić information content (AvgIpc) is 3.25. The summed E-state index contributed by atoms with van der Waals surface area (Å²) < 4.78 is 12.1. The smallest absolute Gasteiger partial charge is 0.312 e. The molecular weight excluding hydrogens is 484 g/mol. The van der Waals surface area contributed by atoms with Gasteiger partial charge < -0.3 is 24.4 Å². The average molecular weight is 515 g/mol. The van der Waals surface area contributed by atoms with Gasteiger partial charge in [0, 0.05) is 17.3 Å². The summed E-state index contributed by atoms with van der Waals surface area (Å²) in [5, 5.41) is 10.8. The van der Waals surface area contributed by atoms with Gasteiger partial charge in [0.2, 0.25) is 5.91 Å². The standard InChI is InChI=1S/C27H31ClN2O6/c1-16(2)19(15-31)30-23-25(33)29(18-10-8-17(28)9-11-18)13-6-12-27(23)22(24(30)32)21-20(36-27)7-4-3-5-14-35-26(21)34/h4,6-12,16,19-23,31H,3,5,13-15H2,1-2H3/b7-4-/t19-,20-,21+,22-,23?,27-/m0/s1. The van der Waals surface area contributed by atoms with Crippen molar-refractivity contribution in [2.24, 2.45) is 17.8 Å². The Bertz CT molecular complexity index is 1100. The fourth-order valence-electron chi connectivity index (χ4n) is 6.02. The number of cyclic esters (lactones) is 1. The van der Waals surface area contributed by atoms with Crippen molar-refractivity contribution in [1.29, 1.82) is 0 Å². The van der Waals surface area contributed by atoms with Crippen LogP contribution in [-0.4, -0.2) is 71.3 Å². The number of benzene rings is 1. The second-order valence-corrected chi connectivity index (χ2v) is 10.6. The Morgan fingerprint density at radius 3 is 2.58 bits per heavy atom. The van der Waals surface area contributed by atoms with Gasteiger partial charge in [0.15, 0.2) is 0 Å². The number of amides is 2. The summed E-state index contributed by atoms with van der Waals surface area (Å²) in [5.41, 5.74) is -0.734. The highest BCUT2D eigenvalue weighted by Crippen LogP contribution is 2.54. The van der Waals surface area contributed by atoms with Crippen LogP contribution in [0.5, 0.6) is 0 Å². The topological polar surface area (TPSA) is 96.4 Å². The molecular formula is C27H31ClN2O6. The van der Waals surface area contributed by atoms with E-state index in [1.807, 2.05) is 32.1 Å². The molecule has 2 saturated heterocycles. The molecule has 4 aliphatic rings. The number of carbonyl (C=O) groups is 3. The van der Waals surface area contributed by atoms with E-state index in [-0.39, 0.29) is 37.5 Å². The molecule has 6 atom stereocenters. The number of halogens is 1. The quantitative estimate of drug-likeness (QED) is 0.490. The molecule has 1 spiro atoms. The Hall–Kier alpha value is -2.68. The summed E-state index contributed by atoms with van der Waals surface area (Å²) in [7, 11) is 0. The molecule has 0 aliphatic carbocycles. The number of esters is 1. The van der Waals surface area contributed by atoms with Crippen LogP contribution in [-0.2, 0) is 23.9 Å². The van der Waals surface area contributed by atoms with Gasteiger partial charge in [0.1, 0.15) is 17.6 Å². The van der Waals surface area contributed by atoms with Crippen LogP contribution >= 0.6 is 11.6 Å². The van der Waals surface area contributed by atoms with E-state index >= 15 is 0 Å². The summed E-state index contributed by atoms with van der Waals surface area (Å²) in [4.78, 5) is 44.7. The molecule has 9 heteroatoms. The minimum Gasteiger partial charge on any atom is -0.465 e. The highest BCUT2D eigenvalue weighted by Gasteiger charge is 2.72. The molecule has 1 N–H and O–H groups in total. The molecule has 4 heterocycles. The maximum atomic E-state index is 14.3. The Labute approximate surface area is 215 Å². The number of anilines is 1. The lowest BCUT2D eigenvalue weighted by molar-refractivity contribution is -0.155. The first kappa shape index (κ1) is 25.0. The van der Waals surface area contributed by atoms with Crippen LogP contribution in [0.2, 0.25) is 5.02 Å². The van der Waals surface area contributed by atoms with E-state index in [1.54, 1.807) is 35.2 Å². The molecule has 36 heavy (non-hydrogen) atoms. The highest BCUT2D eigenvalue weighted by molar-refractivity contribution is 6.30. The number of likely N-dealkylation sites (tertiary alicyclic amines) is 1. The molecule has 2 fully saturated rings. The van der Waals surface area contributed by atoms with Gasteiger partial charge >= 0.3 is 5.97 Å². The number of rotatable bonds is 4. The van der Waals surface area contributed by atoms with Gasteiger partial charge in [-0.2, -0.15) is 0 Å². The van der Waals surface area contributed by atoms with Crippen LogP contribution < -0.4 is 4.90 Å². The molecule has 2 amide bonds. The zero-order valence-electron chi connectivity index (χ0n) is 20.4. The van der Waals surface area contributed by atoms with E-state index in [0.29, 0.717) is 17.1 Å². The van der Waals surface area contributed by atoms with Crippen molar-refractivity contribution in [2.75, 3.05) is 24.7 Å². The molecule has 4 aliphatic heterocycles. The van der Waals surface area contributed by atoms with Crippen molar-refractivity contribution < 1.29 is 29.0 Å². The monoisotopic (exact) mass is 514 g/mol. The van der Waals surface area contributed by atoms with Crippen LogP contribution in [0.1, 0.15) is 26.7 Å². The molecule has 0 saturated carbocycles. The van der Waals surface area contributed by atoms with Crippen molar-refractivity contribution >= 4 is 35.1 Å². The van der Waals surface area contributed by atoms with Crippen molar-refractivity contribution in [3.8, 4) is 0 Å². The van der Waals surface area contributed by atoms with Gasteiger partial charge in [-0.25, -0.2) is 0 Å². The van der Waals surface area contributed by atoms with Crippen LogP contribution in [0, 0.1) is 17.8 Å². The predicted octanol–water partition coefficient (Wildman–Crippen LogP) is 2.73. The molecule has 0 radical (unpaired) electrons. The molecule has 8 nitrogen and oxygen atoms in total. The summed E-state index contributed by atoms with van der Waals surface area (Å²) in [6.45, 7) is 3.99. The van der Waals surface area contributed by atoms with Crippen molar-refractivity contribution in [3.63, 3.8) is 0 Å². The van der Waals surface area contributed by atoms with E-state index in [9.17, 15) is 19.5 Å². The Morgan fingerprint density at radius 2 is 1.89 bits per heavy atom. The lowest BCUT2D eigenvalue weighted by atomic mass is 9.78. The summed E-state index contributed by atoms with van der Waals surface area (Å²) >= 11 is 6.07. The Morgan fingerprint density at radius 1 is 1.14 bits per heavy atom. The number of aliphatic hydroxyl groups excluding tert-OH is 1. The van der Waals surface area contributed by atoms with Crippen LogP contribution in [0.25, 0.3) is 0 Å². The van der Waals surface area contributed by atoms with E-state index in [0.717, 1.165) is 6.42 Å². The summed E-state index contributed by atoms with van der Waals surface area (Å²) in [6, 6.07) is 5.24. The first-order valence-corrected chi connectivity index (χ1v) is 12.9. The molecule has 0 bridgehead atoms. The fraction of sp³-hybridized carbons (Fsp3) is 0.519. The number of fused-ring (bicyclic) bond motifs is 2. The SMILES string of the molecule is CC(C)[C@H](CO)N1C(=O)[C@@H]2[C@@H]3C(=O)OCCC/C=C\[C@@H]3O[C@@]23C=CCN(c2ccc(Cl)cc2)C(=O)C13. The van der Waals surface area contributed by atoms with Gasteiger partial charge in [-0.3, -0.25) is 14.4 Å². The van der Waals surface area contributed by atoms with Crippen LogP contribution in [0.4, 0.5) is 5.69 Å². The third-order valence-corrected chi connectivity index (χ3v) is 7.99. The van der Waals surface area contributed by atoms with Gasteiger partial charge in [0.25, 0.3) is 5.91 Å². The zero-order valence-corrected chi connectivity index (χ0v) is 21.1. The fourth-order valence-corrected chi connectivity index (χ4v) is 6.15. The third kappa shape index (κ3) is 3.86. The number of ether oxygens (including phenoxy) is 2. The minimum absolute atomic E-state index is 0.137. The molecule has 1 unspecified atom stereocenters. The summed E-state index contributed by atoms with van der Waals surface area (Å²) in [5.74, 6) is -3.16. The maximum Gasteiger partial charge on any atom is 0.312 e. The molecule has 1 aromatic rings. The number of hydrogen-bond donors (Lipinski definition) is 1. The molecule has 0 aromatic heterocycles. The molecule has 1 aromatic carbocycles. The maximum absolute atomic E-state index is 14.3. The van der Waals surface area contributed by atoms with Crippen molar-refractivity contribution in [2.45, 2.75) is 50.5 Å². The van der Waals surface area contributed by atoms with E-state index in [1.165, 1.54) is 4.90 Å². The second kappa shape index (κ2) is 9.65. The summed E-state index contributed by atoms with van der Waals surface area (Å²) in [6.07, 6.45) is 8.09. The predicted molar refractivity (Wildman–Crippen MR) is 133 cm³/mol. The van der Waals surface area contributed by atoms with Crippen molar-refractivity contribution in [1.82, 2.24) is 4.90 Å². The van der Waals surface area contributed by atoms with Gasteiger partial charge in [-0.15, -0.1) is 0 Å². The number of allylic oxidation sites excluding steroid dienone is 1. The molecule has 192 valence electrons. The Kier molecular flexibility index (Phi) is 6.70. The number of carbonyl (C=O) groups excluding carboxylic acids is 3. The van der Waals surface area contributed by atoms with Crippen LogP contribution in [0.15, 0.2) is 48.6 Å². The first-order valence-electron chi connectivity index (χ1n) is 12.5. The van der Waals surface area contributed by atoms with Crippen molar-refractivity contribution in [3.05, 3.63) is 53.6 Å². The third-order valence-electron chi connectivity index (χ3n) is 7.74. The highest BCUT2D eigenvalue weighted by atomic mass is 35.5. The van der Waals surface area contributed by atoms with E-state index < -0.39 is 41.6 Å². The first-order chi connectivity index (χ1) is 17.3. The Balaban J connectivity index is 1.65. The largest absolute Gasteiger partial charge is 0.465 e. The number of aliphatic hydroxyl groups is 1. The lowest BCUT2D eigenvalue weighted by Crippen LogP contribution is -2.59. The molecule has 5 rings (SSSR count). The van der Waals surface area contributed by atoms with Gasteiger partial charge in [0.05, 0.1) is 31.3 Å². The van der Waals surface area contributed by atoms with Gasteiger partial charge in [-0.1, -0.05) is 49.8 Å². The number of nitrogens with zero attached hydrogens (tertiary/aromatic N) is 2.